The summed E-state index contributed by atoms with van der Waals surface area (Å²) < 4.78 is 160. The van der Waals surface area contributed by atoms with E-state index in [0.29, 0.717) is 0 Å². The van der Waals surface area contributed by atoms with Gasteiger partial charge < -0.3 is 0 Å². The van der Waals surface area contributed by atoms with Gasteiger partial charge in [0.25, 0.3) is 0 Å². The molecular formula is C7ClF13O. The fourth-order valence-corrected chi connectivity index (χ4v) is 1.01. The second-order valence-electron chi connectivity index (χ2n) is 3.62. The highest BCUT2D eigenvalue weighted by atomic mass is 35.5. The predicted octanol–water partition coefficient (Wildman–Crippen LogP) is 4.49. The van der Waals surface area contributed by atoms with Gasteiger partial charge in [0, 0.05) is 0 Å². The fraction of sp³-hybridized carbons (Fsp3) is 0.857. The van der Waals surface area contributed by atoms with E-state index < -0.39 is 41.0 Å². The van der Waals surface area contributed by atoms with Crippen LogP contribution in [0.5, 0.6) is 0 Å². The van der Waals surface area contributed by atoms with Gasteiger partial charge in [0.05, 0.1) is 0 Å². The Morgan fingerprint density at radius 3 is 1.14 bits per heavy atom. The van der Waals surface area contributed by atoms with E-state index >= 15 is 0 Å². The van der Waals surface area contributed by atoms with Crippen molar-refractivity contribution in [3.8, 4) is 0 Å². The lowest BCUT2D eigenvalue weighted by Gasteiger charge is -2.37. The molecule has 0 aromatic carbocycles. The Morgan fingerprint density at radius 2 is 0.909 bits per heavy atom. The number of hydrogen-bond acceptors (Lipinski definition) is 1. The summed E-state index contributed by atoms with van der Waals surface area (Å²) in [6, 6.07) is 0. The van der Waals surface area contributed by atoms with Gasteiger partial charge in [0.1, 0.15) is 0 Å². The van der Waals surface area contributed by atoms with E-state index in [2.05, 4.69) is 11.6 Å². The van der Waals surface area contributed by atoms with Crippen LogP contribution in [0.3, 0.4) is 0 Å². The summed E-state index contributed by atoms with van der Waals surface area (Å²) in [5, 5.41) is -6.54. The largest absolute Gasteiger partial charge is 0.456 e. The van der Waals surface area contributed by atoms with Gasteiger partial charge in [-0.25, -0.2) is 0 Å². The normalized spacial score (nSPS) is 15.9. The number of alkyl halides is 14. The highest BCUT2D eigenvalue weighted by Gasteiger charge is 2.88. The molecule has 22 heavy (non-hydrogen) atoms. The number of carbonyl (C=O) groups is 1. The average molecular weight is 383 g/mol. The molecule has 0 saturated carbocycles. The maximum absolute atomic E-state index is 12.7. The smallest absolute Gasteiger partial charge is 0.282 e. The number of hydrogen-bond donors (Lipinski definition) is 0. The van der Waals surface area contributed by atoms with E-state index in [-0.39, 0.29) is 0 Å². The first kappa shape index (κ1) is 21.0. The first-order chi connectivity index (χ1) is 9.15. The molecule has 0 aliphatic heterocycles. The maximum atomic E-state index is 12.7. The molecule has 0 bridgehead atoms. The van der Waals surface area contributed by atoms with Gasteiger partial charge in [-0.1, -0.05) is 0 Å². The molecule has 0 aliphatic rings. The number of halogens is 14. The van der Waals surface area contributed by atoms with Crippen LogP contribution in [-0.4, -0.2) is 41.0 Å². The summed E-state index contributed by atoms with van der Waals surface area (Å²) in [5.74, 6) is -35.4. The minimum Gasteiger partial charge on any atom is -0.282 e. The zero-order valence-corrected chi connectivity index (χ0v) is 9.96. The molecule has 0 N–H and O–H groups in total. The van der Waals surface area contributed by atoms with Crippen molar-refractivity contribution in [2.45, 2.75) is 35.2 Å². The van der Waals surface area contributed by atoms with Crippen LogP contribution in [0.2, 0.25) is 0 Å². The van der Waals surface area contributed by atoms with Crippen LogP contribution >= 0.6 is 11.6 Å². The molecule has 0 heterocycles. The van der Waals surface area contributed by atoms with Crippen LogP contribution in [-0.2, 0) is 4.79 Å². The molecule has 0 aromatic heterocycles. The Kier molecular flexibility index (Phi) is 4.81. The number of ketones is 1. The first-order valence-electron chi connectivity index (χ1n) is 4.35. The average Bonchev–Trinajstić information content (AvgIpc) is 2.24. The molecule has 15 heteroatoms. The lowest BCUT2D eigenvalue weighted by Crippen LogP contribution is -2.69. The molecule has 0 aliphatic carbocycles. The van der Waals surface area contributed by atoms with Crippen molar-refractivity contribution in [3.05, 3.63) is 0 Å². The Labute approximate surface area is 116 Å². The second kappa shape index (κ2) is 5.03. The number of carbonyl (C=O) groups excluding carboxylic acids is 1. The summed E-state index contributed by atoms with van der Waals surface area (Å²) in [7, 11) is 0. The van der Waals surface area contributed by atoms with Crippen molar-refractivity contribution < 1.29 is 61.9 Å². The molecule has 0 aromatic rings. The maximum Gasteiger partial charge on any atom is 0.456 e. The fourth-order valence-electron chi connectivity index (χ4n) is 0.893. The number of Topliss-reactive ketones (excluding diaryl/α,β-unsaturated/α-hetero) is 1. The Bertz CT molecular complexity index is 444. The molecule has 0 rings (SSSR count). The lowest BCUT2D eigenvalue weighted by molar-refractivity contribution is -0.384. The zero-order valence-electron chi connectivity index (χ0n) is 9.20. The summed E-state index contributed by atoms with van der Waals surface area (Å²) in [6.45, 7) is 0. The Morgan fingerprint density at radius 1 is 0.591 bits per heavy atom. The minimum atomic E-state index is -7.84. The third-order valence-corrected chi connectivity index (χ3v) is 2.32. The molecule has 0 amide bonds. The zero-order chi connectivity index (χ0) is 18.6. The van der Waals surface area contributed by atoms with Gasteiger partial charge in [-0.15, -0.1) is 0 Å². The van der Waals surface area contributed by atoms with Crippen molar-refractivity contribution in [3.63, 3.8) is 0 Å². The molecule has 0 spiro atoms. The van der Waals surface area contributed by atoms with Crippen molar-refractivity contribution in [2.75, 3.05) is 0 Å². The predicted molar refractivity (Wildman–Crippen MR) is 41.7 cm³/mol. The molecule has 0 atom stereocenters. The van der Waals surface area contributed by atoms with Crippen molar-refractivity contribution >= 4 is 17.4 Å². The van der Waals surface area contributed by atoms with Gasteiger partial charge in [-0.2, -0.15) is 57.1 Å². The van der Waals surface area contributed by atoms with Crippen molar-refractivity contribution in [2.24, 2.45) is 0 Å². The molecule has 1 nitrogen and oxygen atoms in total. The second-order valence-corrected chi connectivity index (χ2v) is 4.10. The lowest BCUT2D eigenvalue weighted by atomic mass is 9.95. The molecule has 0 radical (unpaired) electrons. The molecule has 132 valence electrons. The van der Waals surface area contributed by atoms with E-state index in [0.717, 1.165) is 0 Å². The first-order valence-corrected chi connectivity index (χ1v) is 4.73. The van der Waals surface area contributed by atoms with Crippen molar-refractivity contribution in [1.29, 1.82) is 0 Å². The molecule has 0 unspecified atom stereocenters. The van der Waals surface area contributed by atoms with Crippen LogP contribution in [0.1, 0.15) is 0 Å². The topological polar surface area (TPSA) is 17.1 Å². The summed E-state index contributed by atoms with van der Waals surface area (Å²) in [4.78, 5) is 10.0. The number of rotatable bonds is 5. The Balaban J connectivity index is 6.18. The van der Waals surface area contributed by atoms with E-state index in [1.165, 1.54) is 0 Å². The summed E-state index contributed by atoms with van der Waals surface area (Å²) in [6.07, 6.45) is -6.85. The monoisotopic (exact) mass is 382 g/mol. The molecular weight excluding hydrogens is 383 g/mol. The van der Waals surface area contributed by atoms with E-state index in [1.54, 1.807) is 0 Å². The van der Waals surface area contributed by atoms with Gasteiger partial charge >= 0.3 is 41.0 Å². The van der Waals surface area contributed by atoms with Crippen molar-refractivity contribution in [1.82, 2.24) is 0 Å². The van der Waals surface area contributed by atoms with Crippen LogP contribution in [0, 0.1) is 0 Å². The third kappa shape index (κ3) is 2.80. The van der Waals surface area contributed by atoms with Gasteiger partial charge in [-0.05, 0) is 11.6 Å². The van der Waals surface area contributed by atoms with Crippen LogP contribution in [0.25, 0.3) is 0 Å². The van der Waals surface area contributed by atoms with Crippen LogP contribution in [0.4, 0.5) is 57.1 Å². The quantitative estimate of drug-likeness (QED) is 0.506. The van der Waals surface area contributed by atoms with E-state index in [1.807, 2.05) is 0 Å². The summed E-state index contributed by atoms with van der Waals surface area (Å²) >= 11 is 3.39. The van der Waals surface area contributed by atoms with Crippen LogP contribution < -0.4 is 0 Å². The third-order valence-electron chi connectivity index (χ3n) is 2.08. The minimum absolute atomic E-state index is 3.39. The Hall–Kier alpha value is -0.950. The van der Waals surface area contributed by atoms with E-state index in [9.17, 15) is 61.9 Å². The van der Waals surface area contributed by atoms with Gasteiger partial charge in [0.15, 0.2) is 0 Å². The van der Waals surface area contributed by atoms with E-state index in [4.69, 9.17) is 0 Å². The SMILES string of the molecule is O=C(C(F)(F)F)C(F)(F)C(F)(F)C(F)(F)C(F)(F)C(F)(F)Cl. The van der Waals surface area contributed by atoms with Gasteiger partial charge in [-0.3, -0.25) is 4.79 Å². The molecule has 0 saturated heterocycles. The summed E-state index contributed by atoms with van der Waals surface area (Å²) in [5.41, 5.74) is 0. The standard InChI is InChI=1S/C7ClF13O/c8-7(20,21)6(18,19)5(16,17)4(14,15)2(9,10)1(22)3(11,12)13. The van der Waals surface area contributed by atoms with Gasteiger partial charge in [0.2, 0.25) is 0 Å². The highest BCUT2D eigenvalue weighted by Crippen LogP contribution is 2.58. The highest BCUT2D eigenvalue weighted by molar-refractivity contribution is 6.22. The molecule has 0 fully saturated rings. The van der Waals surface area contributed by atoms with Crippen LogP contribution in [0.15, 0.2) is 0 Å².